The highest BCUT2D eigenvalue weighted by Crippen LogP contribution is 2.23. The number of esters is 1. The zero-order chi connectivity index (χ0) is 21.5. The predicted octanol–water partition coefficient (Wildman–Crippen LogP) is 4.18. The molecule has 2 N–H and O–H groups in total. The average Bonchev–Trinajstić information content (AvgIpc) is 2.69. The molecule has 0 atom stereocenters. The Balaban J connectivity index is 1.71. The Bertz CT molecular complexity index is 1100. The first-order valence-corrected chi connectivity index (χ1v) is 9.14. The summed E-state index contributed by atoms with van der Waals surface area (Å²) in [6.45, 7) is 1.27. The van der Waals surface area contributed by atoms with Crippen LogP contribution in [-0.4, -0.2) is 17.8 Å². The number of halogens is 1. The maximum Gasteiger partial charge on any atom is 0.308 e. The molecule has 0 aliphatic heterocycles. The molecule has 0 unspecified atom stereocenters. The SMILES string of the molecule is CC(=O)Oc1cccc(C(=O)Nc2ccccc2NC(=O)Cc2cccc(F)c2)c1. The zero-order valence-electron chi connectivity index (χ0n) is 16.1. The maximum absolute atomic E-state index is 13.3. The van der Waals surface area contributed by atoms with Crippen molar-refractivity contribution >= 4 is 29.2 Å². The lowest BCUT2D eigenvalue weighted by Crippen LogP contribution is -2.18. The maximum atomic E-state index is 13.3. The third kappa shape index (κ3) is 5.75. The van der Waals surface area contributed by atoms with Gasteiger partial charge in [-0.25, -0.2) is 4.39 Å². The van der Waals surface area contributed by atoms with Crippen molar-refractivity contribution in [2.45, 2.75) is 13.3 Å². The van der Waals surface area contributed by atoms with E-state index in [4.69, 9.17) is 4.74 Å². The molecule has 6 nitrogen and oxygen atoms in total. The molecule has 3 rings (SSSR count). The van der Waals surface area contributed by atoms with Crippen LogP contribution >= 0.6 is 0 Å². The van der Waals surface area contributed by atoms with Gasteiger partial charge in [-0.3, -0.25) is 14.4 Å². The highest BCUT2D eigenvalue weighted by Gasteiger charge is 2.13. The molecule has 7 heteroatoms. The summed E-state index contributed by atoms with van der Waals surface area (Å²) in [6.07, 6.45) is -0.00945. The van der Waals surface area contributed by atoms with E-state index in [1.165, 1.54) is 31.2 Å². The molecular weight excluding hydrogens is 387 g/mol. The molecule has 3 aromatic carbocycles. The van der Waals surface area contributed by atoms with Crippen LogP contribution in [0.4, 0.5) is 15.8 Å². The summed E-state index contributed by atoms with van der Waals surface area (Å²) in [5.41, 5.74) is 1.63. The fourth-order valence-corrected chi connectivity index (χ4v) is 2.79. The highest BCUT2D eigenvalue weighted by atomic mass is 19.1. The molecular formula is C23H19FN2O4. The van der Waals surface area contributed by atoms with Gasteiger partial charge < -0.3 is 15.4 Å². The lowest BCUT2D eigenvalue weighted by atomic mass is 10.1. The van der Waals surface area contributed by atoms with Gasteiger partial charge in [-0.05, 0) is 48.0 Å². The Kier molecular flexibility index (Phi) is 6.54. The van der Waals surface area contributed by atoms with Gasteiger partial charge in [0.25, 0.3) is 5.91 Å². The molecule has 3 aromatic rings. The second kappa shape index (κ2) is 9.47. The summed E-state index contributed by atoms with van der Waals surface area (Å²) in [6, 6.07) is 18.7. The van der Waals surface area contributed by atoms with Crippen molar-refractivity contribution in [3.05, 3.63) is 89.7 Å². The van der Waals surface area contributed by atoms with Crippen molar-refractivity contribution in [2.75, 3.05) is 10.6 Å². The molecule has 30 heavy (non-hydrogen) atoms. The number of amides is 2. The minimum Gasteiger partial charge on any atom is -0.427 e. The number of carbonyl (C=O) groups is 3. The second-order valence-corrected chi connectivity index (χ2v) is 6.48. The Morgan fingerprint density at radius 3 is 2.27 bits per heavy atom. The van der Waals surface area contributed by atoms with E-state index >= 15 is 0 Å². The summed E-state index contributed by atoms with van der Waals surface area (Å²) in [5.74, 6) is -1.43. The molecule has 0 fully saturated rings. The summed E-state index contributed by atoms with van der Waals surface area (Å²) >= 11 is 0. The van der Waals surface area contributed by atoms with Crippen LogP contribution in [0.3, 0.4) is 0 Å². The first kappa shape index (κ1) is 20.7. The quantitative estimate of drug-likeness (QED) is 0.475. The molecule has 2 amide bonds. The molecule has 0 saturated carbocycles. The minimum atomic E-state index is -0.487. The Hall–Kier alpha value is -4.00. The number of ether oxygens (including phenoxy) is 1. The van der Waals surface area contributed by atoms with Crippen LogP contribution in [0.2, 0.25) is 0 Å². The van der Waals surface area contributed by atoms with Crippen molar-refractivity contribution in [2.24, 2.45) is 0 Å². The molecule has 0 aliphatic rings. The monoisotopic (exact) mass is 406 g/mol. The van der Waals surface area contributed by atoms with Crippen LogP contribution in [0.15, 0.2) is 72.8 Å². The number of benzene rings is 3. The zero-order valence-corrected chi connectivity index (χ0v) is 16.1. The van der Waals surface area contributed by atoms with Crippen LogP contribution in [0.25, 0.3) is 0 Å². The summed E-state index contributed by atoms with van der Waals surface area (Å²) in [5, 5.41) is 5.46. The molecule has 0 radical (unpaired) electrons. The average molecular weight is 406 g/mol. The number of nitrogens with one attached hydrogen (secondary N) is 2. The Morgan fingerprint density at radius 2 is 1.57 bits per heavy atom. The number of hydrogen-bond acceptors (Lipinski definition) is 4. The van der Waals surface area contributed by atoms with Gasteiger partial charge in [0.2, 0.25) is 5.91 Å². The minimum absolute atomic E-state index is 0.00945. The third-order valence-electron chi connectivity index (χ3n) is 4.06. The van der Waals surface area contributed by atoms with E-state index in [1.807, 2.05) is 0 Å². The summed E-state index contributed by atoms with van der Waals surface area (Å²) in [4.78, 5) is 36.1. The first-order chi connectivity index (χ1) is 14.4. The van der Waals surface area contributed by atoms with Crippen LogP contribution < -0.4 is 15.4 Å². The summed E-state index contributed by atoms with van der Waals surface area (Å²) < 4.78 is 18.3. The largest absolute Gasteiger partial charge is 0.427 e. The normalized spacial score (nSPS) is 10.2. The lowest BCUT2D eigenvalue weighted by Gasteiger charge is -2.13. The molecule has 0 aliphatic carbocycles. The molecule has 0 heterocycles. The van der Waals surface area contributed by atoms with E-state index in [1.54, 1.807) is 48.5 Å². The van der Waals surface area contributed by atoms with Gasteiger partial charge in [-0.1, -0.05) is 30.3 Å². The molecule has 152 valence electrons. The molecule has 0 bridgehead atoms. The van der Waals surface area contributed by atoms with Gasteiger partial charge in [0.05, 0.1) is 17.8 Å². The van der Waals surface area contributed by atoms with E-state index in [9.17, 15) is 18.8 Å². The van der Waals surface area contributed by atoms with E-state index in [2.05, 4.69) is 10.6 Å². The Morgan fingerprint density at radius 1 is 0.867 bits per heavy atom. The van der Waals surface area contributed by atoms with Crippen molar-refractivity contribution in [3.8, 4) is 5.75 Å². The molecule has 0 aromatic heterocycles. The molecule has 0 saturated heterocycles. The van der Waals surface area contributed by atoms with Crippen LogP contribution in [0.1, 0.15) is 22.8 Å². The van der Waals surface area contributed by atoms with E-state index in [0.717, 1.165) is 0 Å². The van der Waals surface area contributed by atoms with E-state index < -0.39 is 17.7 Å². The van der Waals surface area contributed by atoms with Crippen molar-refractivity contribution in [1.82, 2.24) is 0 Å². The fraction of sp³-hybridized carbons (Fsp3) is 0.0870. The highest BCUT2D eigenvalue weighted by molar-refractivity contribution is 6.07. The van der Waals surface area contributed by atoms with Crippen molar-refractivity contribution in [1.29, 1.82) is 0 Å². The van der Waals surface area contributed by atoms with Gasteiger partial charge in [-0.15, -0.1) is 0 Å². The van der Waals surface area contributed by atoms with E-state index in [0.29, 0.717) is 16.9 Å². The molecule has 0 spiro atoms. The van der Waals surface area contributed by atoms with Crippen LogP contribution in [0.5, 0.6) is 5.75 Å². The smallest absolute Gasteiger partial charge is 0.308 e. The number of anilines is 2. The fourth-order valence-electron chi connectivity index (χ4n) is 2.79. The topological polar surface area (TPSA) is 84.5 Å². The van der Waals surface area contributed by atoms with Gasteiger partial charge in [0, 0.05) is 12.5 Å². The van der Waals surface area contributed by atoms with E-state index in [-0.39, 0.29) is 23.6 Å². The van der Waals surface area contributed by atoms with Crippen molar-refractivity contribution < 1.29 is 23.5 Å². The number of hydrogen-bond donors (Lipinski definition) is 2. The number of para-hydroxylation sites is 2. The van der Waals surface area contributed by atoms with Gasteiger partial charge in [-0.2, -0.15) is 0 Å². The standard InChI is InChI=1S/C23H19FN2O4/c1-15(27)30-19-9-5-7-17(14-19)23(29)26-21-11-3-2-10-20(21)25-22(28)13-16-6-4-8-18(24)12-16/h2-12,14H,13H2,1H3,(H,25,28)(H,26,29). The number of carbonyl (C=O) groups excluding carboxylic acids is 3. The van der Waals surface area contributed by atoms with Gasteiger partial charge in [0.1, 0.15) is 11.6 Å². The van der Waals surface area contributed by atoms with Crippen LogP contribution in [-0.2, 0) is 16.0 Å². The number of rotatable bonds is 6. The van der Waals surface area contributed by atoms with Gasteiger partial charge in [0.15, 0.2) is 0 Å². The summed E-state index contributed by atoms with van der Waals surface area (Å²) in [7, 11) is 0. The first-order valence-electron chi connectivity index (χ1n) is 9.14. The predicted molar refractivity (Wildman–Crippen MR) is 111 cm³/mol. The Labute approximate surface area is 172 Å². The second-order valence-electron chi connectivity index (χ2n) is 6.48. The van der Waals surface area contributed by atoms with Crippen molar-refractivity contribution in [3.63, 3.8) is 0 Å². The third-order valence-corrected chi connectivity index (χ3v) is 4.06. The van der Waals surface area contributed by atoms with Gasteiger partial charge >= 0.3 is 5.97 Å². The van der Waals surface area contributed by atoms with Crippen LogP contribution in [0, 0.1) is 5.82 Å². The lowest BCUT2D eigenvalue weighted by molar-refractivity contribution is -0.131.